The molecule has 1 saturated heterocycles. The summed E-state index contributed by atoms with van der Waals surface area (Å²) in [6.07, 6.45) is 2.24. The number of aromatic nitrogens is 3. The first-order chi connectivity index (χ1) is 16.6. The van der Waals surface area contributed by atoms with E-state index in [0.29, 0.717) is 42.0 Å². The van der Waals surface area contributed by atoms with Gasteiger partial charge in [0.15, 0.2) is 5.82 Å². The molecule has 5 nitrogen and oxygen atoms in total. The van der Waals surface area contributed by atoms with Gasteiger partial charge in [-0.3, -0.25) is 9.78 Å². The summed E-state index contributed by atoms with van der Waals surface area (Å²) in [5.74, 6) is -0.287. The second kappa shape index (κ2) is 10.1. The normalized spacial score (nSPS) is 18.5. The molecule has 3 heterocycles. The van der Waals surface area contributed by atoms with Crippen molar-refractivity contribution < 1.29 is 22.4 Å². The predicted octanol–water partition coefficient (Wildman–Crippen LogP) is 5.88. The fraction of sp³-hybridized carbons (Fsp3) is 0.385. The zero-order valence-corrected chi connectivity index (χ0v) is 19.5. The fourth-order valence-corrected chi connectivity index (χ4v) is 4.77. The van der Waals surface area contributed by atoms with Crippen LogP contribution in [0.1, 0.15) is 53.4 Å². The van der Waals surface area contributed by atoms with Crippen LogP contribution in [-0.4, -0.2) is 38.3 Å². The summed E-state index contributed by atoms with van der Waals surface area (Å²) in [5, 5.41) is 0. The van der Waals surface area contributed by atoms with Crippen molar-refractivity contribution in [1.29, 1.82) is 0 Å². The Bertz CT molecular complexity index is 1180. The van der Waals surface area contributed by atoms with Gasteiger partial charge < -0.3 is 4.90 Å². The van der Waals surface area contributed by atoms with Gasteiger partial charge in [-0.1, -0.05) is 6.92 Å². The van der Waals surface area contributed by atoms with Crippen molar-refractivity contribution >= 4 is 5.91 Å². The molecule has 0 N–H and O–H groups in total. The van der Waals surface area contributed by atoms with Crippen LogP contribution < -0.4 is 0 Å². The van der Waals surface area contributed by atoms with E-state index in [-0.39, 0.29) is 23.4 Å². The van der Waals surface area contributed by atoms with Gasteiger partial charge in [-0.2, -0.15) is 13.2 Å². The van der Waals surface area contributed by atoms with Crippen LogP contribution in [0.4, 0.5) is 17.6 Å². The molecule has 4 rings (SSSR count). The third kappa shape index (κ3) is 5.49. The maximum atomic E-state index is 14.4. The standard InChI is InChI=1S/C26H26F4N4O/c1-16-5-3-12-34(22(16)9-8-20-7-6-18(15-33-20)26(28,29)30)25(35)21-14-19(27)13-17(2)23(21)24-31-10-4-11-32-24/h4,6-7,10-11,13-16,22H,3,5,8-9,12H2,1-2H3/t16-,22-/m1/s1. The number of halogens is 4. The number of benzene rings is 1. The molecule has 0 unspecified atom stereocenters. The highest BCUT2D eigenvalue weighted by Gasteiger charge is 2.34. The van der Waals surface area contributed by atoms with Crippen LogP contribution in [0.25, 0.3) is 11.4 Å². The number of aryl methyl sites for hydroxylation is 2. The van der Waals surface area contributed by atoms with Gasteiger partial charge in [-0.25, -0.2) is 14.4 Å². The number of carbonyl (C=O) groups is 1. The topological polar surface area (TPSA) is 59.0 Å². The number of hydrogen-bond acceptors (Lipinski definition) is 4. The van der Waals surface area contributed by atoms with E-state index in [1.165, 1.54) is 18.2 Å². The highest BCUT2D eigenvalue weighted by Crippen LogP contribution is 2.33. The zero-order valence-electron chi connectivity index (χ0n) is 19.5. The van der Waals surface area contributed by atoms with Crippen molar-refractivity contribution in [3.63, 3.8) is 0 Å². The van der Waals surface area contributed by atoms with E-state index in [1.54, 1.807) is 30.3 Å². The highest BCUT2D eigenvalue weighted by molar-refractivity contribution is 6.01. The van der Waals surface area contributed by atoms with E-state index in [9.17, 15) is 22.4 Å². The Morgan fingerprint density at radius 2 is 1.89 bits per heavy atom. The van der Waals surface area contributed by atoms with Crippen molar-refractivity contribution in [1.82, 2.24) is 19.9 Å². The van der Waals surface area contributed by atoms with Gasteiger partial charge in [-0.15, -0.1) is 0 Å². The summed E-state index contributed by atoms with van der Waals surface area (Å²) in [4.78, 5) is 28.1. The minimum Gasteiger partial charge on any atom is -0.335 e. The molecule has 1 amide bonds. The monoisotopic (exact) mass is 486 g/mol. The van der Waals surface area contributed by atoms with Crippen molar-refractivity contribution in [3.8, 4) is 11.4 Å². The Morgan fingerprint density at radius 3 is 2.54 bits per heavy atom. The summed E-state index contributed by atoms with van der Waals surface area (Å²) in [6, 6.07) is 6.50. The van der Waals surface area contributed by atoms with E-state index in [4.69, 9.17) is 0 Å². The third-order valence-electron chi connectivity index (χ3n) is 6.54. The fourth-order valence-electron chi connectivity index (χ4n) is 4.77. The Morgan fingerprint density at radius 1 is 1.14 bits per heavy atom. The van der Waals surface area contributed by atoms with Crippen molar-refractivity contribution in [3.05, 3.63) is 77.1 Å². The first-order valence-corrected chi connectivity index (χ1v) is 11.6. The number of pyridine rings is 1. The van der Waals surface area contributed by atoms with Gasteiger partial charge in [0.2, 0.25) is 0 Å². The summed E-state index contributed by atoms with van der Waals surface area (Å²) >= 11 is 0. The molecule has 0 saturated carbocycles. The van der Waals surface area contributed by atoms with E-state index < -0.39 is 17.6 Å². The molecule has 1 aliphatic rings. The lowest BCUT2D eigenvalue weighted by molar-refractivity contribution is -0.137. The van der Waals surface area contributed by atoms with Gasteiger partial charge in [0.25, 0.3) is 5.91 Å². The average Bonchev–Trinajstić information content (AvgIpc) is 2.82. The SMILES string of the molecule is Cc1cc(F)cc(C(=O)N2CCC[C@@H](C)[C@H]2CCc2ccc(C(F)(F)F)cn2)c1-c1ncccn1. The minimum absolute atomic E-state index is 0.159. The summed E-state index contributed by atoms with van der Waals surface area (Å²) in [7, 11) is 0. The Kier molecular flexibility index (Phi) is 7.14. The second-order valence-electron chi connectivity index (χ2n) is 8.98. The van der Waals surface area contributed by atoms with Crippen molar-refractivity contribution in [2.24, 2.45) is 5.92 Å². The van der Waals surface area contributed by atoms with Gasteiger partial charge >= 0.3 is 6.18 Å². The van der Waals surface area contributed by atoms with E-state index >= 15 is 0 Å². The molecular weight excluding hydrogens is 460 g/mol. The van der Waals surface area contributed by atoms with Crippen LogP contribution in [0.3, 0.4) is 0 Å². The molecule has 0 bridgehead atoms. The second-order valence-corrected chi connectivity index (χ2v) is 8.98. The molecule has 3 aromatic rings. The Balaban J connectivity index is 1.60. The van der Waals surface area contributed by atoms with Crippen molar-refractivity contribution in [2.75, 3.05) is 6.54 Å². The number of amides is 1. The van der Waals surface area contributed by atoms with Gasteiger partial charge in [-0.05, 0) is 74.4 Å². The van der Waals surface area contributed by atoms with Crippen LogP contribution >= 0.6 is 0 Å². The lowest BCUT2D eigenvalue weighted by atomic mass is 9.86. The molecule has 184 valence electrons. The van der Waals surface area contributed by atoms with Crippen LogP contribution in [0, 0.1) is 18.7 Å². The number of hydrogen-bond donors (Lipinski definition) is 0. The minimum atomic E-state index is -4.43. The lowest BCUT2D eigenvalue weighted by Gasteiger charge is -2.40. The van der Waals surface area contributed by atoms with E-state index in [2.05, 4.69) is 21.9 Å². The first kappa shape index (κ1) is 24.8. The summed E-state index contributed by atoms with van der Waals surface area (Å²) < 4.78 is 52.9. The maximum Gasteiger partial charge on any atom is 0.417 e. The molecule has 0 spiro atoms. The Hall–Kier alpha value is -3.36. The number of alkyl halides is 3. The van der Waals surface area contributed by atoms with Crippen LogP contribution in [-0.2, 0) is 12.6 Å². The predicted molar refractivity (Wildman–Crippen MR) is 123 cm³/mol. The molecule has 35 heavy (non-hydrogen) atoms. The van der Waals surface area contributed by atoms with Crippen LogP contribution in [0.5, 0.6) is 0 Å². The summed E-state index contributed by atoms with van der Waals surface area (Å²) in [5.41, 5.74) is 1.01. The molecule has 0 aliphatic carbocycles. The molecule has 1 aromatic carbocycles. The molecule has 9 heteroatoms. The first-order valence-electron chi connectivity index (χ1n) is 11.6. The number of nitrogens with zero attached hydrogens (tertiary/aromatic N) is 4. The van der Waals surface area contributed by atoms with E-state index in [0.717, 1.165) is 25.1 Å². The maximum absolute atomic E-state index is 14.4. The van der Waals surface area contributed by atoms with E-state index in [1.807, 2.05) is 0 Å². The number of piperidine rings is 1. The Labute approximate surface area is 201 Å². The summed E-state index contributed by atoms with van der Waals surface area (Å²) in [6.45, 7) is 4.29. The number of carbonyl (C=O) groups excluding carboxylic acids is 1. The molecule has 2 aromatic heterocycles. The highest BCUT2D eigenvalue weighted by atomic mass is 19.4. The quantitative estimate of drug-likeness (QED) is 0.423. The molecule has 1 aliphatic heterocycles. The number of likely N-dealkylation sites (tertiary alicyclic amines) is 1. The van der Waals surface area contributed by atoms with Gasteiger partial charge in [0.1, 0.15) is 5.82 Å². The average molecular weight is 487 g/mol. The van der Waals surface area contributed by atoms with Crippen LogP contribution in [0.2, 0.25) is 0 Å². The zero-order chi connectivity index (χ0) is 25.2. The number of rotatable bonds is 5. The molecule has 1 fully saturated rings. The molecule has 2 atom stereocenters. The molecule has 0 radical (unpaired) electrons. The van der Waals surface area contributed by atoms with Crippen molar-refractivity contribution in [2.45, 2.75) is 51.7 Å². The van der Waals surface area contributed by atoms with Crippen LogP contribution in [0.15, 0.2) is 48.9 Å². The van der Waals surface area contributed by atoms with Gasteiger partial charge in [0, 0.05) is 42.4 Å². The molecular formula is C26H26F4N4O. The van der Waals surface area contributed by atoms with Gasteiger partial charge in [0.05, 0.1) is 11.1 Å². The smallest absolute Gasteiger partial charge is 0.335 e. The largest absolute Gasteiger partial charge is 0.417 e. The third-order valence-corrected chi connectivity index (χ3v) is 6.54. The lowest BCUT2D eigenvalue weighted by Crippen LogP contribution is -2.48.